The normalized spacial score (nSPS) is 17.1. The third-order valence-corrected chi connectivity index (χ3v) is 8.96. The topological polar surface area (TPSA) is 128 Å². The molecule has 1 spiro atoms. The number of fused-ring (bicyclic) bond motifs is 2. The Hall–Kier alpha value is -4.83. The number of likely N-dealkylation sites (tertiary alicyclic amines) is 1. The molecule has 1 saturated heterocycles. The minimum absolute atomic E-state index is 0.0237. The van der Waals surface area contributed by atoms with Crippen molar-refractivity contribution in [3.8, 4) is 22.6 Å². The number of carbonyl (C=O) groups excluding carboxylic acids is 3. The summed E-state index contributed by atoms with van der Waals surface area (Å²) in [5.41, 5.74) is 3.76. The Morgan fingerprint density at radius 1 is 1.07 bits per heavy atom. The SMILES string of the molecule is COC(=O)c1cncc(-c2ccc3c(c2)C(=O)CC2(CCN(C(=O)c4cc(OCCO)c5cccc(C6CC6)c5n4)CC2)O3)c1. The molecule has 0 atom stereocenters. The lowest BCUT2D eigenvalue weighted by atomic mass is 9.82. The Kier molecular flexibility index (Phi) is 7.45. The standard InChI is InChI=1S/C35H33N3O7/c1-43-34(42)24-15-23(19-36-20-24)22-7-8-30-27(16-22)29(40)18-35(45-30)9-11-38(12-10-35)33(41)28-17-31(44-14-13-39)26-4-2-3-25(21-5-6-21)32(26)37-28/h2-4,7-8,15-17,19-21,39H,5-6,9-14,18H2,1H3. The summed E-state index contributed by atoms with van der Waals surface area (Å²) in [5, 5.41) is 10.2. The highest BCUT2D eigenvalue weighted by atomic mass is 16.5. The van der Waals surface area contributed by atoms with Crippen molar-refractivity contribution in [3.05, 3.63) is 83.3 Å². The molecular formula is C35H33N3O7. The van der Waals surface area contributed by atoms with Crippen LogP contribution in [0.5, 0.6) is 11.5 Å². The van der Waals surface area contributed by atoms with Gasteiger partial charge < -0.3 is 24.2 Å². The van der Waals surface area contributed by atoms with Gasteiger partial charge in [-0.3, -0.25) is 14.6 Å². The van der Waals surface area contributed by atoms with Crippen LogP contribution in [0.15, 0.2) is 60.9 Å². The van der Waals surface area contributed by atoms with Crippen LogP contribution in [0.3, 0.4) is 0 Å². The molecule has 7 rings (SSSR count). The largest absolute Gasteiger partial charge is 0.490 e. The first-order chi connectivity index (χ1) is 21.9. The van der Waals surface area contributed by atoms with Gasteiger partial charge in [0.1, 0.15) is 29.4 Å². The van der Waals surface area contributed by atoms with Gasteiger partial charge >= 0.3 is 5.97 Å². The highest BCUT2D eigenvalue weighted by molar-refractivity contribution is 6.02. The highest BCUT2D eigenvalue weighted by Crippen LogP contribution is 2.44. The Balaban J connectivity index is 1.09. The zero-order valence-corrected chi connectivity index (χ0v) is 25.0. The zero-order valence-electron chi connectivity index (χ0n) is 25.0. The van der Waals surface area contributed by atoms with Crippen molar-refractivity contribution in [2.45, 2.75) is 43.6 Å². The van der Waals surface area contributed by atoms with Gasteiger partial charge in [-0.15, -0.1) is 0 Å². The summed E-state index contributed by atoms with van der Waals surface area (Å²) in [6.07, 6.45) is 6.50. The van der Waals surface area contributed by atoms with Crippen molar-refractivity contribution in [2.75, 3.05) is 33.4 Å². The first-order valence-electron chi connectivity index (χ1n) is 15.2. The monoisotopic (exact) mass is 607 g/mol. The fourth-order valence-electron chi connectivity index (χ4n) is 6.41. The Bertz CT molecular complexity index is 1830. The number of pyridine rings is 2. The number of piperidine rings is 1. The van der Waals surface area contributed by atoms with Crippen LogP contribution < -0.4 is 9.47 Å². The summed E-state index contributed by atoms with van der Waals surface area (Å²) in [6.45, 7) is 0.828. The molecule has 45 heavy (non-hydrogen) atoms. The third-order valence-electron chi connectivity index (χ3n) is 8.96. The number of carbonyl (C=O) groups is 3. The van der Waals surface area contributed by atoms with Crippen molar-refractivity contribution < 1.29 is 33.7 Å². The van der Waals surface area contributed by atoms with E-state index in [1.54, 1.807) is 35.4 Å². The number of nitrogens with zero attached hydrogens (tertiary/aromatic N) is 3. The summed E-state index contributed by atoms with van der Waals surface area (Å²) in [6, 6.07) is 14.8. The van der Waals surface area contributed by atoms with Crippen LogP contribution in [0.4, 0.5) is 0 Å². The van der Waals surface area contributed by atoms with Gasteiger partial charge in [0, 0.05) is 55.3 Å². The van der Waals surface area contributed by atoms with E-state index in [0.717, 1.165) is 34.9 Å². The fraction of sp³-hybridized carbons (Fsp3) is 0.343. The predicted octanol–water partition coefficient (Wildman–Crippen LogP) is 4.97. The minimum atomic E-state index is -0.694. The number of methoxy groups -OCH3 is 1. The van der Waals surface area contributed by atoms with Crippen molar-refractivity contribution in [1.82, 2.24) is 14.9 Å². The first-order valence-corrected chi connectivity index (χ1v) is 15.2. The van der Waals surface area contributed by atoms with Gasteiger partial charge in [-0.2, -0.15) is 0 Å². The van der Waals surface area contributed by atoms with Crippen molar-refractivity contribution in [2.24, 2.45) is 0 Å². The fourth-order valence-corrected chi connectivity index (χ4v) is 6.41. The number of aliphatic hydroxyl groups excluding tert-OH is 1. The molecule has 3 aliphatic rings. The summed E-state index contributed by atoms with van der Waals surface area (Å²) >= 11 is 0. The van der Waals surface area contributed by atoms with Gasteiger partial charge in [-0.25, -0.2) is 9.78 Å². The molecule has 2 aromatic heterocycles. The van der Waals surface area contributed by atoms with E-state index in [-0.39, 0.29) is 31.3 Å². The zero-order chi connectivity index (χ0) is 31.1. The quantitative estimate of drug-likeness (QED) is 0.290. The third kappa shape index (κ3) is 5.50. The van der Waals surface area contributed by atoms with E-state index in [1.165, 1.54) is 13.3 Å². The number of aromatic nitrogens is 2. The molecule has 1 amide bonds. The highest BCUT2D eigenvalue weighted by Gasteiger charge is 2.44. The number of ether oxygens (including phenoxy) is 3. The number of aliphatic hydroxyl groups is 1. The Morgan fingerprint density at radius 3 is 2.64 bits per heavy atom. The van der Waals surface area contributed by atoms with Gasteiger partial charge in [0.15, 0.2) is 5.78 Å². The molecule has 10 heteroatoms. The Labute approximate surface area is 260 Å². The molecule has 1 aliphatic carbocycles. The maximum atomic E-state index is 13.8. The average molecular weight is 608 g/mol. The second-order valence-electron chi connectivity index (χ2n) is 11.9. The van der Waals surface area contributed by atoms with Crippen LogP contribution in [0.25, 0.3) is 22.0 Å². The lowest BCUT2D eigenvalue weighted by Crippen LogP contribution is -2.52. The molecule has 10 nitrogen and oxygen atoms in total. The molecule has 0 bridgehead atoms. The summed E-state index contributed by atoms with van der Waals surface area (Å²) < 4.78 is 17.2. The molecule has 1 saturated carbocycles. The van der Waals surface area contributed by atoms with Gasteiger partial charge in [0.2, 0.25) is 0 Å². The smallest absolute Gasteiger partial charge is 0.339 e. The van der Waals surface area contributed by atoms with E-state index >= 15 is 0 Å². The van der Waals surface area contributed by atoms with Gasteiger partial charge in [-0.05, 0) is 54.2 Å². The van der Waals surface area contributed by atoms with Gasteiger partial charge in [0.05, 0.1) is 36.8 Å². The van der Waals surface area contributed by atoms with E-state index < -0.39 is 11.6 Å². The second-order valence-corrected chi connectivity index (χ2v) is 11.9. The number of para-hydroxylation sites is 1. The number of ketones is 1. The molecule has 1 N–H and O–H groups in total. The second kappa shape index (κ2) is 11.6. The number of benzene rings is 2. The summed E-state index contributed by atoms with van der Waals surface area (Å²) in [7, 11) is 1.32. The molecule has 2 aromatic carbocycles. The lowest BCUT2D eigenvalue weighted by Gasteiger charge is -2.44. The number of hydrogen-bond acceptors (Lipinski definition) is 9. The molecule has 0 unspecified atom stereocenters. The lowest BCUT2D eigenvalue weighted by molar-refractivity contribution is -0.00585. The van der Waals surface area contributed by atoms with Crippen LogP contribution in [-0.2, 0) is 4.74 Å². The van der Waals surface area contributed by atoms with E-state index in [9.17, 15) is 19.5 Å². The number of amides is 1. The molecule has 2 fully saturated rings. The summed E-state index contributed by atoms with van der Waals surface area (Å²) in [4.78, 5) is 49.9. The predicted molar refractivity (Wildman–Crippen MR) is 165 cm³/mol. The molecule has 4 heterocycles. The van der Waals surface area contributed by atoms with Crippen molar-refractivity contribution >= 4 is 28.6 Å². The van der Waals surface area contributed by atoms with E-state index in [0.29, 0.717) is 65.7 Å². The van der Waals surface area contributed by atoms with Crippen LogP contribution in [0.1, 0.15) is 74.8 Å². The maximum absolute atomic E-state index is 13.8. The van der Waals surface area contributed by atoms with Crippen molar-refractivity contribution in [3.63, 3.8) is 0 Å². The molecule has 4 aromatic rings. The van der Waals surface area contributed by atoms with E-state index in [1.807, 2.05) is 18.2 Å². The van der Waals surface area contributed by atoms with Crippen LogP contribution in [0, 0.1) is 0 Å². The minimum Gasteiger partial charge on any atom is -0.490 e. The van der Waals surface area contributed by atoms with Crippen molar-refractivity contribution in [1.29, 1.82) is 0 Å². The van der Waals surface area contributed by atoms with Crippen LogP contribution in [-0.4, -0.2) is 76.6 Å². The average Bonchev–Trinajstić information content (AvgIpc) is 3.92. The van der Waals surface area contributed by atoms with Crippen LogP contribution in [0.2, 0.25) is 0 Å². The van der Waals surface area contributed by atoms with Crippen LogP contribution >= 0.6 is 0 Å². The Morgan fingerprint density at radius 2 is 1.89 bits per heavy atom. The van der Waals surface area contributed by atoms with E-state index in [2.05, 4.69) is 11.1 Å². The number of Topliss-reactive ketones (excluding diaryl/α,β-unsaturated/α-hetero) is 1. The number of hydrogen-bond donors (Lipinski definition) is 1. The summed E-state index contributed by atoms with van der Waals surface area (Å²) in [5.74, 6) is 0.794. The number of esters is 1. The first kappa shape index (κ1) is 28.9. The number of rotatable bonds is 7. The molecule has 230 valence electrons. The van der Waals surface area contributed by atoms with Gasteiger partial charge in [0.25, 0.3) is 5.91 Å². The van der Waals surface area contributed by atoms with E-state index in [4.69, 9.17) is 19.2 Å². The molecule has 2 aliphatic heterocycles. The maximum Gasteiger partial charge on any atom is 0.339 e. The molecule has 0 radical (unpaired) electrons. The molecular weight excluding hydrogens is 574 g/mol. The van der Waals surface area contributed by atoms with Gasteiger partial charge in [-0.1, -0.05) is 18.2 Å².